The third kappa shape index (κ3) is 5.39. The number of nitrogens with one attached hydrogen (secondary N) is 1. The van der Waals surface area contributed by atoms with Crippen molar-refractivity contribution in [3.05, 3.63) is 37.1 Å². The lowest BCUT2D eigenvalue weighted by atomic mass is 10.2. The smallest absolute Gasteiger partial charge is 0.222 e. The standard InChI is InChI=1S/C17H24N4O2/c1-2-9-19-16(22)7-5-8-17(23)21-13-11-20(12-14-21)15-6-3-4-10-18-15/h2-4,6,10H,1,5,7-9,11-14H2,(H,19,22). The van der Waals surface area contributed by atoms with Crippen molar-refractivity contribution in [2.24, 2.45) is 0 Å². The van der Waals surface area contributed by atoms with E-state index in [1.807, 2.05) is 23.1 Å². The Hall–Kier alpha value is -2.37. The average molecular weight is 316 g/mol. The molecule has 0 spiro atoms. The van der Waals surface area contributed by atoms with E-state index in [1.165, 1.54) is 0 Å². The lowest BCUT2D eigenvalue weighted by molar-refractivity contribution is -0.131. The van der Waals surface area contributed by atoms with Gasteiger partial charge in [-0.1, -0.05) is 12.1 Å². The predicted octanol–water partition coefficient (Wildman–Crippen LogP) is 1.20. The molecule has 2 heterocycles. The van der Waals surface area contributed by atoms with E-state index in [4.69, 9.17) is 0 Å². The van der Waals surface area contributed by atoms with Crippen molar-refractivity contribution >= 4 is 17.6 Å². The van der Waals surface area contributed by atoms with E-state index in [9.17, 15) is 9.59 Å². The number of pyridine rings is 1. The second-order valence-corrected chi connectivity index (χ2v) is 5.50. The van der Waals surface area contributed by atoms with Crippen LogP contribution >= 0.6 is 0 Å². The molecule has 0 saturated carbocycles. The molecule has 1 aromatic rings. The van der Waals surface area contributed by atoms with E-state index in [0.29, 0.717) is 38.9 Å². The Kier molecular flexibility index (Phi) is 6.59. The Morgan fingerprint density at radius 2 is 2.00 bits per heavy atom. The highest BCUT2D eigenvalue weighted by molar-refractivity contribution is 5.79. The first-order valence-corrected chi connectivity index (χ1v) is 8.02. The van der Waals surface area contributed by atoms with Crippen LogP contribution in [0.3, 0.4) is 0 Å². The van der Waals surface area contributed by atoms with Crippen LogP contribution in [0.2, 0.25) is 0 Å². The molecular weight excluding hydrogens is 292 g/mol. The molecule has 0 unspecified atom stereocenters. The first-order valence-electron chi connectivity index (χ1n) is 8.02. The van der Waals surface area contributed by atoms with Crippen molar-refractivity contribution in [2.45, 2.75) is 19.3 Å². The van der Waals surface area contributed by atoms with Gasteiger partial charge in [0.2, 0.25) is 11.8 Å². The molecule has 23 heavy (non-hydrogen) atoms. The molecule has 6 heteroatoms. The molecule has 1 N–H and O–H groups in total. The number of carbonyl (C=O) groups excluding carboxylic acids is 2. The fourth-order valence-corrected chi connectivity index (χ4v) is 2.56. The zero-order valence-corrected chi connectivity index (χ0v) is 13.4. The first kappa shape index (κ1) is 17.0. The van der Waals surface area contributed by atoms with Crippen LogP contribution < -0.4 is 10.2 Å². The maximum Gasteiger partial charge on any atom is 0.222 e. The summed E-state index contributed by atoms with van der Waals surface area (Å²) in [5.74, 6) is 1.05. The lowest BCUT2D eigenvalue weighted by Crippen LogP contribution is -2.49. The summed E-state index contributed by atoms with van der Waals surface area (Å²) >= 11 is 0. The molecule has 0 atom stereocenters. The second-order valence-electron chi connectivity index (χ2n) is 5.50. The fourth-order valence-electron chi connectivity index (χ4n) is 2.56. The first-order chi connectivity index (χ1) is 11.2. The minimum absolute atomic E-state index is 0.0299. The third-order valence-corrected chi connectivity index (χ3v) is 3.84. The van der Waals surface area contributed by atoms with Gasteiger partial charge in [0.1, 0.15) is 5.82 Å². The maximum atomic E-state index is 12.2. The van der Waals surface area contributed by atoms with Crippen LogP contribution in [0.1, 0.15) is 19.3 Å². The second kappa shape index (κ2) is 8.92. The average Bonchev–Trinajstić information content (AvgIpc) is 2.60. The van der Waals surface area contributed by atoms with E-state index in [-0.39, 0.29) is 11.8 Å². The molecule has 0 radical (unpaired) electrons. The van der Waals surface area contributed by atoms with Gasteiger partial charge in [-0.3, -0.25) is 9.59 Å². The Morgan fingerprint density at radius 1 is 1.22 bits per heavy atom. The highest BCUT2D eigenvalue weighted by Crippen LogP contribution is 2.13. The van der Waals surface area contributed by atoms with E-state index in [0.717, 1.165) is 18.9 Å². The Morgan fingerprint density at radius 3 is 2.65 bits per heavy atom. The molecule has 0 bridgehead atoms. The number of anilines is 1. The fraction of sp³-hybridized carbons (Fsp3) is 0.471. The van der Waals surface area contributed by atoms with Crippen molar-refractivity contribution in [3.8, 4) is 0 Å². The summed E-state index contributed by atoms with van der Waals surface area (Å²) in [6, 6.07) is 5.85. The lowest BCUT2D eigenvalue weighted by Gasteiger charge is -2.35. The van der Waals surface area contributed by atoms with Gasteiger partial charge in [-0.15, -0.1) is 6.58 Å². The topological polar surface area (TPSA) is 65.5 Å². The molecule has 2 rings (SSSR count). The van der Waals surface area contributed by atoms with Crippen LogP contribution in [0.4, 0.5) is 5.82 Å². The monoisotopic (exact) mass is 316 g/mol. The number of rotatable bonds is 7. The van der Waals surface area contributed by atoms with Crippen LogP contribution in [0, 0.1) is 0 Å². The summed E-state index contributed by atoms with van der Waals surface area (Å²) in [6.45, 7) is 7.02. The molecule has 1 saturated heterocycles. The molecule has 0 aromatic carbocycles. The molecule has 1 fully saturated rings. The predicted molar refractivity (Wildman–Crippen MR) is 90.1 cm³/mol. The molecule has 1 aliphatic rings. The van der Waals surface area contributed by atoms with Crippen molar-refractivity contribution in [1.29, 1.82) is 0 Å². The summed E-state index contributed by atoms with van der Waals surface area (Å²) in [5.41, 5.74) is 0. The Bertz CT molecular complexity index is 525. The van der Waals surface area contributed by atoms with Crippen LogP contribution in [0.5, 0.6) is 0 Å². The van der Waals surface area contributed by atoms with Gasteiger partial charge in [-0.25, -0.2) is 4.98 Å². The number of nitrogens with zero attached hydrogens (tertiary/aromatic N) is 3. The molecule has 124 valence electrons. The van der Waals surface area contributed by atoms with Crippen molar-refractivity contribution in [1.82, 2.24) is 15.2 Å². The number of hydrogen-bond donors (Lipinski definition) is 1. The summed E-state index contributed by atoms with van der Waals surface area (Å²) < 4.78 is 0. The van der Waals surface area contributed by atoms with Crippen molar-refractivity contribution in [3.63, 3.8) is 0 Å². The van der Waals surface area contributed by atoms with Gasteiger partial charge in [-0.05, 0) is 18.6 Å². The quantitative estimate of drug-likeness (QED) is 0.768. The summed E-state index contributed by atoms with van der Waals surface area (Å²) in [6.07, 6.45) is 4.81. The molecule has 1 aliphatic heterocycles. The van der Waals surface area contributed by atoms with Crippen LogP contribution in [0.25, 0.3) is 0 Å². The van der Waals surface area contributed by atoms with Gasteiger partial charge in [-0.2, -0.15) is 0 Å². The van der Waals surface area contributed by atoms with Crippen molar-refractivity contribution < 1.29 is 9.59 Å². The van der Waals surface area contributed by atoms with E-state index in [2.05, 4.69) is 21.8 Å². The van der Waals surface area contributed by atoms with Gasteiger partial charge < -0.3 is 15.1 Å². The molecule has 6 nitrogen and oxygen atoms in total. The van der Waals surface area contributed by atoms with Crippen LogP contribution in [-0.2, 0) is 9.59 Å². The van der Waals surface area contributed by atoms with Gasteiger partial charge in [0.15, 0.2) is 0 Å². The normalized spacial score (nSPS) is 14.4. The number of aromatic nitrogens is 1. The van der Waals surface area contributed by atoms with Gasteiger partial charge in [0.25, 0.3) is 0 Å². The summed E-state index contributed by atoms with van der Waals surface area (Å²) in [5, 5.41) is 2.71. The minimum atomic E-state index is -0.0299. The number of piperazine rings is 1. The molecule has 1 aromatic heterocycles. The molecular formula is C17H24N4O2. The van der Waals surface area contributed by atoms with E-state index in [1.54, 1.807) is 12.3 Å². The van der Waals surface area contributed by atoms with Crippen molar-refractivity contribution in [2.75, 3.05) is 37.6 Å². The van der Waals surface area contributed by atoms with Gasteiger partial charge >= 0.3 is 0 Å². The Labute approximate surface area is 137 Å². The minimum Gasteiger partial charge on any atom is -0.353 e. The highest BCUT2D eigenvalue weighted by atomic mass is 16.2. The zero-order valence-electron chi connectivity index (χ0n) is 13.4. The van der Waals surface area contributed by atoms with E-state index < -0.39 is 0 Å². The maximum absolute atomic E-state index is 12.2. The third-order valence-electron chi connectivity index (χ3n) is 3.84. The number of hydrogen-bond acceptors (Lipinski definition) is 4. The highest BCUT2D eigenvalue weighted by Gasteiger charge is 2.21. The number of amides is 2. The van der Waals surface area contributed by atoms with Crippen LogP contribution in [-0.4, -0.2) is 54.4 Å². The van der Waals surface area contributed by atoms with Gasteiger partial charge in [0.05, 0.1) is 0 Å². The number of carbonyl (C=O) groups is 2. The Balaban J connectivity index is 1.67. The van der Waals surface area contributed by atoms with Gasteiger partial charge in [0, 0.05) is 51.8 Å². The molecule has 2 amide bonds. The molecule has 0 aliphatic carbocycles. The summed E-state index contributed by atoms with van der Waals surface area (Å²) in [4.78, 5) is 32.0. The SMILES string of the molecule is C=CCNC(=O)CCCC(=O)N1CCN(c2ccccn2)CC1. The van der Waals surface area contributed by atoms with E-state index >= 15 is 0 Å². The zero-order chi connectivity index (χ0) is 16.5. The largest absolute Gasteiger partial charge is 0.353 e. The summed E-state index contributed by atoms with van der Waals surface area (Å²) in [7, 11) is 0. The van der Waals surface area contributed by atoms with Crippen LogP contribution in [0.15, 0.2) is 37.1 Å².